The molecule has 1 atom stereocenters. The van der Waals surface area contributed by atoms with E-state index in [0.29, 0.717) is 24.9 Å². The van der Waals surface area contributed by atoms with Crippen molar-refractivity contribution in [2.45, 2.75) is 58.5 Å². The molecule has 0 spiro atoms. The molecular formula is C21H27FN4O3. The highest BCUT2D eigenvalue weighted by atomic mass is 19.1. The third-order valence-electron chi connectivity index (χ3n) is 5.22. The molecule has 7 nitrogen and oxygen atoms in total. The van der Waals surface area contributed by atoms with Gasteiger partial charge in [0.15, 0.2) is 0 Å². The SMILES string of the molecule is CCCn1c(N)c(NC(=O)[C@@H](c2ccc(F)cc2)C2CC2)c(=O)n(CCC)c1=O. The molecular weight excluding hydrogens is 375 g/mol. The zero-order valence-corrected chi connectivity index (χ0v) is 16.8. The lowest BCUT2D eigenvalue weighted by molar-refractivity contribution is -0.118. The van der Waals surface area contributed by atoms with Crippen LogP contribution in [0.25, 0.3) is 0 Å². The largest absolute Gasteiger partial charge is 0.383 e. The Morgan fingerprint density at radius 1 is 1.14 bits per heavy atom. The lowest BCUT2D eigenvalue weighted by Gasteiger charge is -2.20. The first-order valence-electron chi connectivity index (χ1n) is 10.1. The van der Waals surface area contributed by atoms with Crippen molar-refractivity contribution >= 4 is 17.4 Å². The summed E-state index contributed by atoms with van der Waals surface area (Å²) in [5.74, 6) is -1.13. The van der Waals surface area contributed by atoms with Crippen molar-refractivity contribution in [3.8, 4) is 0 Å². The van der Waals surface area contributed by atoms with Gasteiger partial charge in [-0.05, 0) is 49.3 Å². The Hall–Kier alpha value is -2.90. The molecule has 1 saturated carbocycles. The summed E-state index contributed by atoms with van der Waals surface area (Å²) in [6.07, 6.45) is 3.03. The highest BCUT2D eigenvalue weighted by Gasteiger charge is 2.38. The number of hydrogen-bond donors (Lipinski definition) is 2. The quantitative estimate of drug-likeness (QED) is 0.709. The second-order valence-electron chi connectivity index (χ2n) is 7.51. The molecule has 3 rings (SSSR count). The van der Waals surface area contributed by atoms with Crippen LogP contribution in [0.15, 0.2) is 33.9 Å². The summed E-state index contributed by atoms with van der Waals surface area (Å²) in [5.41, 5.74) is 5.69. The van der Waals surface area contributed by atoms with E-state index in [1.807, 2.05) is 13.8 Å². The van der Waals surface area contributed by atoms with Crippen molar-refractivity contribution in [3.05, 3.63) is 56.5 Å². The Kier molecular flexibility index (Phi) is 6.20. The normalized spacial score (nSPS) is 14.6. The van der Waals surface area contributed by atoms with Gasteiger partial charge in [-0.25, -0.2) is 9.18 Å². The third-order valence-corrected chi connectivity index (χ3v) is 5.22. The van der Waals surface area contributed by atoms with Crippen LogP contribution < -0.4 is 22.3 Å². The number of hydrogen-bond acceptors (Lipinski definition) is 4. The summed E-state index contributed by atoms with van der Waals surface area (Å²) in [4.78, 5) is 38.6. The molecule has 3 N–H and O–H groups in total. The van der Waals surface area contributed by atoms with Crippen molar-refractivity contribution < 1.29 is 9.18 Å². The second kappa shape index (κ2) is 8.63. The van der Waals surface area contributed by atoms with Crippen molar-refractivity contribution in [3.63, 3.8) is 0 Å². The molecule has 2 aromatic rings. The predicted octanol–water partition coefficient (Wildman–Crippen LogP) is 2.68. The van der Waals surface area contributed by atoms with Crippen LogP contribution in [0.5, 0.6) is 0 Å². The van der Waals surface area contributed by atoms with E-state index < -0.39 is 17.2 Å². The van der Waals surface area contributed by atoms with Crippen LogP contribution in [-0.2, 0) is 17.9 Å². The van der Waals surface area contributed by atoms with Crippen molar-refractivity contribution in [2.75, 3.05) is 11.1 Å². The van der Waals surface area contributed by atoms with Crippen LogP contribution in [-0.4, -0.2) is 15.0 Å². The van der Waals surface area contributed by atoms with E-state index in [9.17, 15) is 18.8 Å². The maximum Gasteiger partial charge on any atom is 0.332 e. The zero-order valence-electron chi connectivity index (χ0n) is 16.8. The van der Waals surface area contributed by atoms with Gasteiger partial charge in [-0.3, -0.25) is 18.7 Å². The first-order chi connectivity index (χ1) is 13.9. The molecule has 1 fully saturated rings. The van der Waals surface area contributed by atoms with Gasteiger partial charge in [0.2, 0.25) is 5.91 Å². The zero-order chi connectivity index (χ0) is 21.1. The molecule has 0 radical (unpaired) electrons. The molecule has 29 heavy (non-hydrogen) atoms. The van der Waals surface area contributed by atoms with Crippen LogP contribution >= 0.6 is 0 Å². The van der Waals surface area contributed by atoms with E-state index in [4.69, 9.17) is 5.73 Å². The van der Waals surface area contributed by atoms with Crippen LogP contribution in [0, 0.1) is 11.7 Å². The van der Waals surface area contributed by atoms with Crippen molar-refractivity contribution in [1.29, 1.82) is 0 Å². The van der Waals surface area contributed by atoms with Crippen LogP contribution in [0.2, 0.25) is 0 Å². The molecule has 1 aliphatic carbocycles. The first-order valence-corrected chi connectivity index (χ1v) is 10.1. The number of amides is 1. The Bertz CT molecular complexity index is 1010. The van der Waals surface area contributed by atoms with Gasteiger partial charge in [-0.15, -0.1) is 0 Å². The number of carbonyl (C=O) groups is 1. The molecule has 1 aromatic heterocycles. The molecule has 8 heteroatoms. The van der Waals surface area contributed by atoms with Crippen LogP contribution in [0.4, 0.5) is 15.9 Å². The van der Waals surface area contributed by atoms with E-state index in [1.165, 1.54) is 16.7 Å². The molecule has 0 aliphatic heterocycles. The standard InChI is InChI=1S/C21H27FN4O3/c1-3-11-25-18(23)17(20(28)26(12-4-2)21(25)29)24-19(27)16(13-5-6-13)14-7-9-15(22)10-8-14/h7-10,13,16H,3-6,11-12,23H2,1-2H3,(H,24,27)/t16-/m1/s1. The summed E-state index contributed by atoms with van der Waals surface area (Å²) >= 11 is 0. The molecule has 0 bridgehead atoms. The van der Waals surface area contributed by atoms with Gasteiger partial charge in [0.1, 0.15) is 17.3 Å². The molecule has 0 saturated heterocycles. The maximum atomic E-state index is 13.3. The fraction of sp³-hybridized carbons (Fsp3) is 0.476. The molecule has 1 heterocycles. The highest BCUT2D eigenvalue weighted by Crippen LogP contribution is 2.43. The first kappa shape index (κ1) is 20.8. The van der Waals surface area contributed by atoms with Crippen LogP contribution in [0.1, 0.15) is 51.0 Å². The Balaban J connectivity index is 2.01. The van der Waals surface area contributed by atoms with Crippen LogP contribution in [0.3, 0.4) is 0 Å². The van der Waals surface area contributed by atoms with Gasteiger partial charge in [-0.1, -0.05) is 26.0 Å². The Labute approximate surface area is 168 Å². The van der Waals surface area contributed by atoms with Gasteiger partial charge < -0.3 is 11.1 Å². The van der Waals surface area contributed by atoms with E-state index in [-0.39, 0.29) is 35.7 Å². The van der Waals surface area contributed by atoms with Gasteiger partial charge >= 0.3 is 5.69 Å². The number of nitrogens with one attached hydrogen (secondary N) is 1. The topological polar surface area (TPSA) is 99.1 Å². The monoisotopic (exact) mass is 402 g/mol. The highest BCUT2D eigenvalue weighted by molar-refractivity contribution is 5.98. The van der Waals surface area contributed by atoms with E-state index in [2.05, 4.69) is 5.32 Å². The Morgan fingerprint density at radius 3 is 2.28 bits per heavy atom. The number of halogens is 1. The average molecular weight is 402 g/mol. The molecule has 1 aromatic carbocycles. The number of nitrogens with zero attached hydrogens (tertiary/aromatic N) is 2. The fourth-order valence-corrected chi connectivity index (χ4v) is 3.63. The van der Waals surface area contributed by atoms with Gasteiger partial charge in [0.25, 0.3) is 5.56 Å². The number of aromatic nitrogens is 2. The Morgan fingerprint density at radius 2 is 1.72 bits per heavy atom. The van der Waals surface area contributed by atoms with E-state index in [1.54, 1.807) is 12.1 Å². The number of rotatable bonds is 8. The molecule has 1 aliphatic rings. The second-order valence-corrected chi connectivity index (χ2v) is 7.51. The molecule has 1 amide bonds. The fourth-order valence-electron chi connectivity index (χ4n) is 3.63. The van der Waals surface area contributed by atoms with Gasteiger partial charge in [0, 0.05) is 13.1 Å². The lowest BCUT2D eigenvalue weighted by Crippen LogP contribution is -2.43. The summed E-state index contributed by atoms with van der Waals surface area (Å²) in [5, 5.41) is 2.69. The minimum atomic E-state index is -0.594. The minimum absolute atomic E-state index is 0.0313. The summed E-state index contributed by atoms with van der Waals surface area (Å²) in [7, 11) is 0. The van der Waals surface area contributed by atoms with Gasteiger partial charge in [0.05, 0.1) is 5.92 Å². The predicted molar refractivity (Wildman–Crippen MR) is 110 cm³/mol. The third kappa shape index (κ3) is 4.26. The number of carbonyl (C=O) groups excluding carboxylic acids is 1. The number of benzene rings is 1. The molecule has 0 unspecified atom stereocenters. The summed E-state index contributed by atoms with van der Waals surface area (Å²) in [6.45, 7) is 4.36. The number of anilines is 2. The van der Waals surface area contributed by atoms with E-state index >= 15 is 0 Å². The number of nitrogen functional groups attached to an aromatic ring is 1. The minimum Gasteiger partial charge on any atom is -0.383 e. The summed E-state index contributed by atoms with van der Waals surface area (Å²) < 4.78 is 15.7. The average Bonchev–Trinajstić information content (AvgIpc) is 3.52. The lowest BCUT2D eigenvalue weighted by atomic mass is 9.93. The summed E-state index contributed by atoms with van der Waals surface area (Å²) in [6, 6.07) is 5.83. The van der Waals surface area contributed by atoms with Crippen molar-refractivity contribution in [2.24, 2.45) is 5.92 Å². The smallest absolute Gasteiger partial charge is 0.332 e. The number of nitrogens with two attached hydrogens (primary N) is 1. The van der Waals surface area contributed by atoms with Gasteiger partial charge in [-0.2, -0.15) is 0 Å². The van der Waals surface area contributed by atoms with E-state index in [0.717, 1.165) is 17.4 Å². The van der Waals surface area contributed by atoms with Crippen molar-refractivity contribution in [1.82, 2.24) is 9.13 Å². The maximum absolute atomic E-state index is 13.3. The molecule has 156 valence electrons.